The van der Waals surface area contributed by atoms with E-state index in [2.05, 4.69) is 35.1 Å². The number of halogens is 3. The van der Waals surface area contributed by atoms with Gasteiger partial charge in [-0.1, -0.05) is 26.3 Å². The predicted molar refractivity (Wildman–Crippen MR) is 81.5 cm³/mol. The van der Waals surface area contributed by atoms with Gasteiger partial charge in [-0.3, -0.25) is 0 Å². The van der Waals surface area contributed by atoms with E-state index in [9.17, 15) is 8.78 Å². The molecule has 0 aromatic heterocycles. The van der Waals surface area contributed by atoms with E-state index in [0.29, 0.717) is 11.8 Å². The van der Waals surface area contributed by atoms with Crippen LogP contribution in [0.15, 0.2) is 16.6 Å². The van der Waals surface area contributed by atoms with Crippen molar-refractivity contribution >= 4 is 15.9 Å². The maximum atomic E-state index is 13.7. The zero-order valence-corrected chi connectivity index (χ0v) is 13.8. The van der Waals surface area contributed by atoms with Crippen molar-refractivity contribution < 1.29 is 8.78 Å². The number of hydrogen-bond acceptors (Lipinski definition) is 1. The molecule has 1 saturated carbocycles. The molecule has 1 N–H and O–H groups in total. The van der Waals surface area contributed by atoms with Crippen LogP contribution in [-0.4, -0.2) is 7.05 Å². The van der Waals surface area contributed by atoms with Crippen LogP contribution in [0.3, 0.4) is 0 Å². The molecule has 20 heavy (non-hydrogen) atoms. The Morgan fingerprint density at radius 2 is 1.90 bits per heavy atom. The summed E-state index contributed by atoms with van der Waals surface area (Å²) >= 11 is 3.21. The molecule has 112 valence electrons. The molecule has 2 rings (SSSR count). The minimum Gasteiger partial charge on any atom is -0.313 e. The van der Waals surface area contributed by atoms with E-state index in [1.54, 1.807) is 6.07 Å². The van der Waals surface area contributed by atoms with Crippen LogP contribution in [-0.2, 0) is 0 Å². The Morgan fingerprint density at radius 1 is 1.20 bits per heavy atom. The lowest BCUT2D eigenvalue weighted by Crippen LogP contribution is -2.31. The van der Waals surface area contributed by atoms with Gasteiger partial charge in [0.05, 0.1) is 4.47 Å². The second-order valence-electron chi connectivity index (χ2n) is 6.06. The Morgan fingerprint density at radius 3 is 2.50 bits per heavy atom. The molecule has 1 fully saturated rings. The molecule has 4 unspecified atom stereocenters. The monoisotopic (exact) mass is 345 g/mol. The molecule has 0 spiro atoms. The largest absolute Gasteiger partial charge is 0.313 e. The minimum atomic E-state index is -0.805. The number of hydrogen-bond donors (Lipinski definition) is 1. The van der Waals surface area contributed by atoms with Gasteiger partial charge >= 0.3 is 0 Å². The molecule has 0 bridgehead atoms. The quantitative estimate of drug-likeness (QED) is 0.755. The maximum absolute atomic E-state index is 13.7. The summed E-state index contributed by atoms with van der Waals surface area (Å²) in [7, 11) is 1.89. The minimum absolute atomic E-state index is 0.0643. The van der Waals surface area contributed by atoms with Gasteiger partial charge in [-0.15, -0.1) is 0 Å². The fourth-order valence-corrected chi connectivity index (χ4v) is 3.89. The van der Waals surface area contributed by atoms with Gasteiger partial charge in [0.2, 0.25) is 0 Å². The summed E-state index contributed by atoms with van der Waals surface area (Å²) in [5, 5.41) is 3.29. The lowest BCUT2D eigenvalue weighted by Gasteiger charge is -2.37. The molecule has 1 aliphatic rings. The highest BCUT2D eigenvalue weighted by Crippen LogP contribution is 2.41. The van der Waals surface area contributed by atoms with E-state index in [1.807, 2.05) is 7.05 Å². The summed E-state index contributed by atoms with van der Waals surface area (Å²) in [6, 6.07) is 2.97. The van der Waals surface area contributed by atoms with Gasteiger partial charge in [-0.25, -0.2) is 8.78 Å². The molecule has 1 nitrogen and oxygen atoms in total. The maximum Gasteiger partial charge on any atom is 0.173 e. The SMILES string of the molecule is CNC(c1ccc(F)c(F)c1Br)C1CCC(C)C(C)C1. The number of nitrogens with one attached hydrogen (secondary N) is 1. The lowest BCUT2D eigenvalue weighted by atomic mass is 9.72. The molecular formula is C16H22BrF2N. The van der Waals surface area contributed by atoms with E-state index < -0.39 is 11.6 Å². The zero-order valence-electron chi connectivity index (χ0n) is 12.2. The van der Waals surface area contributed by atoms with E-state index in [1.165, 1.54) is 12.5 Å². The molecule has 4 heteroatoms. The molecule has 1 aromatic rings. The molecule has 1 aliphatic carbocycles. The normalized spacial score (nSPS) is 28.4. The first-order valence-electron chi connectivity index (χ1n) is 7.26. The van der Waals surface area contributed by atoms with Gasteiger partial charge in [-0.05, 0) is 65.2 Å². The van der Waals surface area contributed by atoms with E-state index in [0.717, 1.165) is 24.3 Å². The smallest absolute Gasteiger partial charge is 0.173 e. The summed E-state index contributed by atoms with van der Waals surface area (Å²) in [6.45, 7) is 4.58. The summed E-state index contributed by atoms with van der Waals surface area (Å²) in [4.78, 5) is 0. The lowest BCUT2D eigenvalue weighted by molar-refractivity contribution is 0.174. The average molecular weight is 346 g/mol. The summed E-state index contributed by atoms with van der Waals surface area (Å²) in [6.07, 6.45) is 3.45. The van der Waals surface area contributed by atoms with Gasteiger partial charge in [-0.2, -0.15) is 0 Å². The number of benzene rings is 1. The van der Waals surface area contributed by atoms with Crippen LogP contribution in [0.5, 0.6) is 0 Å². The molecule has 4 atom stereocenters. The van der Waals surface area contributed by atoms with Crippen molar-refractivity contribution in [3.8, 4) is 0 Å². The second kappa shape index (κ2) is 6.52. The summed E-state index contributed by atoms with van der Waals surface area (Å²) in [5.74, 6) is 0.291. The second-order valence-corrected chi connectivity index (χ2v) is 6.85. The van der Waals surface area contributed by atoms with Crippen molar-refractivity contribution in [1.82, 2.24) is 5.32 Å². The highest BCUT2D eigenvalue weighted by atomic mass is 79.9. The third-order valence-corrected chi connectivity index (χ3v) is 5.63. The Labute approximate surface area is 128 Å². The molecule has 1 aromatic carbocycles. The average Bonchev–Trinajstić information content (AvgIpc) is 2.43. The topological polar surface area (TPSA) is 12.0 Å². The van der Waals surface area contributed by atoms with Crippen LogP contribution >= 0.6 is 15.9 Å². The van der Waals surface area contributed by atoms with Gasteiger partial charge < -0.3 is 5.32 Å². The summed E-state index contributed by atoms with van der Waals surface area (Å²) < 4.78 is 27.3. The Hall–Kier alpha value is -0.480. The van der Waals surface area contributed by atoms with E-state index >= 15 is 0 Å². The van der Waals surface area contributed by atoms with Gasteiger partial charge in [0.25, 0.3) is 0 Å². The van der Waals surface area contributed by atoms with Crippen molar-refractivity contribution in [2.75, 3.05) is 7.05 Å². The first kappa shape index (κ1) is 15.9. The predicted octanol–water partition coefficient (Wildman–Crippen LogP) is 5.06. The van der Waals surface area contributed by atoms with Gasteiger partial charge in [0.1, 0.15) is 0 Å². The van der Waals surface area contributed by atoms with Crippen LogP contribution in [0.2, 0.25) is 0 Å². The van der Waals surface area contributed by atoms with Crippen molar-refractivity contribution in [3.63, 3.8) is 0 Å². The fourth-order valence-electron chi connectivity index (χ4n) is 3.32. The highest BCUT2D eigenvalue weighted by molar-refractivity contribution is 9.10. The van der Waals surface area contributed by atoms with Crippen molar-refractivity contribution in [3.05, 3.63) is 33.8 Å². The van der Waals surface area contributed by atoms with Gasteiger partial charge in [0, 0.05) is 6.04 Å². The van der Waals surface area contributed by atoms with Gasteiger partial charge in [0.15, 0.2) is 11.6 Å². The Bertz CT molecular complexity index is 478. The fraction of sp³-hybridized carbons (Fsp3) is 0.625. The zero-order chi connectivity index (χ0) is 14.9. The molecule has 0 heterocycles. The van der Waals surface area contributed by atoms with Crippen LogP contribution in [0.25, 0.3) is 0 Å². The summed E-state index contributed by atoms with van der Waals surface area (Å²) in [5.41, 5.74) is 0.818. The molecule has 0 aliphatic heterocycles. The van der Waals surface area contributed by atoms with E-state index in [-0.39, 0.29) is 10.5 Å². The Balaban J connectivity index is 2.27. The highest BCUT2D eigenvalue weighted by Gasteiger charge is 2.31. The van der Waals surface area contributed by atoms with Crippen molar-refractivity contribution in [1.29, 1.82) is 0 Å². The van der Waals surface area contributed by atoms with Crippen LogP contribution in [0, 0.1) is 29.4 Å². The molecule has 0 radical (unpaired) electrons. The molecule has 0 saturated heterocycles. The van der Waals surface area contributed by atoms with Crippen molar-refractivity contribution in [2.45, 2.75) is 39.2 Å². The third kappa shape index (κ3) is 3.06. The first-order chi connectivity index (χ1) is 9.45. The number of rotatable bonds is 3. The standard InChI is InChI=1S/C16H22BrF2N/c1-9-4-5-11(8-10(9)2)16(20-3)12-6-7-13(18)15(19)14(12)17/h6-7,9-11,16,20H,4-5,8H2,1-3H3. The van der Waals surface area contributed by atoms with Crippen LogP contribution in [0.1, 0.15) is 44.7 Å². The molecule has 0 amide bonds. The van der Waals surface area contributed by atoms with Crippen LogP contribution < -0.4 is 5.32 Å². The van der Waals surface area contributed by atoms with Crippen molar-refractivity contribution in [2.24, 2.45) is 17.8 Å². The molecular weight excluding hydrogens is 324 g/mol. The Kier molecular flexibility index (Phi) is 5.19. The van der Waals surface area contributed by atoms with E-state index in [4.69, 9.17) is 0 Å². The van der Waals surface area contributed by atoms with Crippen LogP contribution in [0.4, 0.5) is 8.78 Å². The third-order valence-electron chi connectivity index (χ3n) is 4.82. The first-order valence-corrected chi connectivity index (χ1v) is 8.05.